The van der Waals surface area contributed by atoms with E-state index in [2.05, 4.69) is 20.9 Å². The number of hydrogen-bond acceptors (Lipinski definition) is 3. The largest absolute Gasteiger partial charge is 0.397 e. The Kier molecular flexibility index (Phi) is 3.09. The SMILES string of the molecule is O=S(=O)(F)Nc1cc(Br)cnc1Cl. The van der Waals surface area contributed by atoms with E-state index in [1.165, 1.54) is 12.3 Å². The lowest BCUT2D eigenvalue weighted by molar-refractivity contribution is 0.558. The van der Waals surface area contributed by atoms with Crippen LogP contribution in [-0.4, -0.2) is 13.4 Å². The van der Waals surface area contributed by atoms with Crippen molar-refractivity contribution in [3.05, 3.63) is 21.9 Å². The Morgan fingerprint density at radius 1 is 1.62 bits per heavy atom. The predicted octanol–water partition coefficient (Wildman–Crippen LogP) is 2.12. The van der Waals surface area contributed by atoms with Crippen molar-refractivity contribution in [2.24, 2.45) is 0 Å². The molecule has 0 atom stereocenters. The number of pyridine rings is 1. The molecule has 0 bridgehead atoms. The van der Waals surface area contributed by atoms with Crippen LogP contribution in [0.4, 0.5) is 9.57 Å². The van der Waals surface area contributed by atoms with E-state index in [-0.39, 0.29) is 10.8 Å². The number of nitrogens with one attached hydrogen (secondary N) is 1. The molecular formula is C5H3BrClFN2O2S. The van der Waals surface area contributed by atoms with Crippen LogP contribution in [-0.2, 0) is 10.4 Å². The van der Waals surface area contributed by atoms with Crippen molar-refractivity contribution in [3.63, 3.8) is 0 Å². The Bertz CT molecular complexity index is 425. The molecular weight excluding hydrogens is 286 g/mol. The van der Waals surface area contributed by atoms with Crippen LogP contribution in [0.15, 0.2) is 16.7 Å². The number of anilines is 1. The van der Waals surface area contributed by atoms with Crippen molar-refractivity contribution in [2.45, 2.75) is 0 Å². The molecule has 0 fully saturated rings. The van der Waals surface area contributed by atoms with E-state index >= 15 is 0 Å². The van der Waals surface area contributed by atoms with Gasteiger partial charge in [0, 0.05) is 10.7 Å². The monoisotopic (exact) mass is 288 g/mol. The van der Waals surface area contributed by atoms with Gasteiger partial charge in [-0.05, 0) is 22.0 Å². The lowest BCUT2D eigenvalue weighted by atomic mass is 10.4. The van der Waals surface area contributed by atoms with Crippen LogP contribution < -0.4 is 4.72 Å². The van der Waals surface area contributed by atoms with Gasteiger partial charge < -0.3 is 0 Å². The van der Waals surface area contributed by atoms with Gasteiger partial charge in [-0.1, -0.05) is 15.5 Å². The van der Waals surface area contributed by atoms with Gasteiger partial charge in [-0.15, -0.1) is 0 Å². The number of hydrogen-bond donors (Lipinski definition) is 1. The number of halogens is 3. The van der Waals surface area contributed by atoms with Crippen molar-refractivity contribution in [1.82, 2.24) is 4.98 Å². The third kappa shape index (κ3) is 3.45. The van der Waals surface area contributed by atoms with Gasteiger partial charge in [-0.2, -0.15) is 8.42 Å². The van der Waals surface area contributed by atoms with E-state index in [0.717, 1.165) is 0 Å². The minimum absolute atomic E-state index is 0.112. The average Bonchev–Trinajstić information content (AvgIpc) is 1.94. The molecule has 0 amide bonds. The molecule has 1 N–H and O–H groups in total. The quantitative estimate of drug-likeness (QED) is 0.670. The highest BCUT2D eigenvalue weighted by Gasteiger charge is 2.10. The fourth-order valence-electron chi connectivity index (χ4n) is 0.625. The highest BCUT2D eigenvalue weighted by atomic mass is 79.9. The van der Waals surface area contributed by atoms with E-state index in [1.807, 2.05) is 0 Å². The first-order valence-corrected chi connectivity index (χ1v) is 5.47. The summed E-state index contributed by atoms with van der Waals surface area (Å²) < 4.78 is 34.6. The molecule has 13 heavy (non-hydrogen) atoms. The van der Waals surface area contributed by atoms with Crippen LogP contribution >= 0.6 is 27.5 Å². The number of nitrogens with zero attached hydrogens (tertiary/aromatic N) is 1. The topological polar surface area (TPSA) is 59.1 Å². The van der Waals surface area contributed by atoms with E-state index in [1.54, 1.807) is 4.72 Å². The molecule has 1 aromatic rings. The zero-order valence-corrected chi connectivity index (χ0v) is 9.12. The maximum absolute atomic E-state index is 12.1. The molecule has 1 heterocycles. The van der Waals surface area contributed by atoms with Gasteiger partial charge in [0.25, 0.3) is 0 Å². The van der Waals surface area contributed by atoms with Gasteiger partial charge in [0.05, 0.1) is 5.69 Å². The van der Waals surface area contributed by atoms with Gasteiger partial charge >= 0.3 is 10.4 Å². The van der Waals surface area contributed by atoms with E-state index in [4.69, 9.17) is 11.6 Å². The van der Waals surface area contributed by atoms with Crippen LogP contribution in [0, 0.1) is 0 Å². The zero-order valence-electron chi connectivity index (χ0n) is 5.96. The summed E-state index contributed by atoms with van der Waals surface area (Å²) in [5.74, 6) is 0. The van der Waals surface area contributed by atoms with Crippen LogP contribution in [0.1, 0.15) is 0 Å². The van der Waals surface area contributed by atoms with E-state index in [9.17, 15) is 12.3 Å². The van der Waals surface area contributed by atoms with E-state index < -0.39 is 10.4 Å². The van der Waals surface area contributed by atoms with Gasteiger partial charge in [0.15, 0.2) is 5.15 Å². The molecule has 4 nitrogen and oxygen atoms in total. The molecule has 8 heteroatoms. The summed E-state index contributed by atoms with van der Waals surface area (Å²) in [6, 6.07) is 1.30. The van der Waals surface area contributed by atoms with Gasteiger partial charge in [0.1, 0.15) is 0 Å². The van der Waals surface area contributed by atoms with E-state index in [0.29, 0.717) is 4.47 Å². The lowest BCUT2D eigenvalue weighted by Crippen LogP contribution is -2.06. The molecule has 0 radical (unpaired) electrons. The summed E-state index contributed by atoms with van der Waals surface area (Å²) in [5.41, 5.74) is -0.112. The second-order valence-electron chi connectivity index (χ2n) is 2.03. The number of aromatic nitrogens is 1. The lowest BCUT2D eigenvalue weighted by Gasteiger charge is -2.02. The minimum atomic E-state index is -4.81. The first kappa shape index (κ1) is 10.7. The van der Waals surface area contributed by atoms with Crippen LogP contribution in [0.2, 0.25) is 5.15 Å². The summed E-state index contributed by atoms with van der Waals surface area (Å²) in [6.07, 6.45) is 1.36. The normalized spacial score (nSPS) is 11.3. The fourth-order valence-corrected chi connectivity index (χ4v) is 1.58. The Morgan fingerprint density at radius 3 is 2.77 bits per heavy atom. The molecule has 0 unspecified atom stereocenters. The molecule has 1 aromatic heterocycles. The second kappa shape index (κ2) is 3.77. The summed E-state index contributed by atoms with van der Waals surface area (Å²) in [4.78, 5) is 3.59. The number of rotatable bonds is 2. The van der Waals surface area contributed by atoms with Gasteiger partial charge in [-0.25, -0.2) is 4.98 Å². The molecule has 0 aliphatic rings. The molecule has 0 spiro atoms. The molecule has 0 aromatic carbocycles. The Hall–Kier alpha value is -0.400. The molecule has 72 valence electrons. The molecule has 1 rings (SSSR count). The van der Waals surface area contributed by atoms with Crippen LogP contribution in [0.3, 0.4) is 0 Å². The smallest absolute Gasteiger partial charge is 0.254 e. The highest BCUT2D eigenvalue weighted by molar-refractivity contribution is 9.10. The van der Waals surface area contributed by atoms with Crippen molar-refractivity contribution < 1.29 is 12.3 Å². The molecule has 0 aliphatic heterocycles. The van der Waals surface area contributed by atoms with Crippen LogP contribution in [0.25, 0.3) is 0 Å². The highest BCUT2D eigenvalue weighted by Crippen LogP contribution is 2.23. The Morgan fingerprint density at radius 2 is 2.23 bits per heavy atom. The van der Waals surface area contributed by atoms with Crippen molar-refractivity contribution >= 4 is 43.6 Å². The van der Waals surface area contributed by atoms with Gasteiger partial charge in [-0.3, -0.25) is 4.72 Å². The molecule has 0 saturated heterocycles. The minimum Gasteiger partial charge on any atom is -0.254 e. The summed E-state index contributed by atoms with van der Waals surface area (Å²) in [5, 5.41) is -0.121. The zero-order chi connectivity index (χ0) is 10.1. The Balaban J connectivity index is 3.08. The first-order valence-electron chi connectivity index (χ1n) is 2.92. The second-order valence-corrected chi connectivity index (χ2v) is 4.39. The molecule has 0 aliphatic carbocycles. The maximum atomic E-state index is 12.1. The van der Waals surface area contributed by atoms with Gasteiger partial charge in [0.2, 0.25) is 0 Å². The third-order valence-corrected chi connectivity index (χ3v) is 2.24. The predicted molar refractivity (Wildman–Crippen MR) is 50.6 cm³/mol. The maximum Gasteiger partial charge on any atom is 0.397 e. The van der Waals surface area contributed by atoms with Crippen molar-refractivity contribution in [1.29, 1.82) is 0 Å². The summed E-state index contributed by atoms with van der Waals surface area (Å²) in [7, 11) is -4.81. The van der Waals surface area contributed by atoms with Crippen LogP contribution in [0.5, 0.6) is 0 Å². The fraction of sp³-hybridized carbons (Fsp3) is 0. The molecule has 0 saturated carbocycles. The Labute approximate surface area is 87.6 Å². The standard InChI is InChI=1S/C5H3BrClFN2O2S/c6-3-1-4(5(7)9-2-3)10-13(8,11)12/h1-2,10H. The average molecular weight is 290 g/mol. The summed E-state index contributed by atoms with van der Waals surface area (Å²) >= 11 is 8.50. The summed E-state index contributed by atoms with van der Waals surface area (Å²) in [6.45, 7) is 0. The first-order chi connectivity index (χ1) is 5.88. The third-order valence-electron chi connectivity index (χ3n) is 1.04. The van der Waals surface area contributed by atoms with Crippen molar-refractivity contribution in [3.8, 4) is 0 Å². The van der Waals surface area contributed by atoms with Crippen molar-refractivity contribution in [2.75, 3.05) is 4.72 Å².